The normalized spacial score (nSPS) is 52.0. The van der Waals surface area contributed by atoms with Crippen molar-refractivity contribution in [1.29, 1.82) is 0 Å². The fourth-order valence-electron chi connectivity index (χ4n) is 4.22. The Kier molecular flexibility index (Phi) is 1.82. The molecule has 1 nitrogen and oxygen atoms in total. The summed E-state index contributed by atoms with van der Waals surface area (Å²) in [5.74, 6) is 1.07. The molecule has 0 aromatic carbocycles. The number of piperidine rings is 1. The number of allylic oxidation sites excluding steroid dienone is 1. The summed E-state index contributed by atoms with van der Waals surface area (Å²) in [6.07, 6.45) is 12.1. The lowest BCUT2D eigenvalue weighted by Crippen LogP contribution is -2.68. The van der Waals surface area contributed by atoms with Crippen molar-refractivity contribution in [3.63, 3.8) is 0 Å². The smallest absolute Gasteiger partial charge is 0.0281 e. The van der Waals surface area contributed by atoms with E-state index >= 15 is 0 Å². The predicted octanol–water partition coefficient (Wildman–Crippen LogP) is 2.83. The molecule has 0 aromatic rings. The largest absolute Gasteiger partial charge is 0.296 e. The number of rotatable bonds is 1. The Labute approximate surface area is 87.2 Å². The van der Waals surface area contributed by atoms with Crippen LogP contribution in [0.2, 0.25) is 0 Å². The molecule has 78 valence electrons. The van der Waals surface area contributed by atoms with Crippen molar-refractivity contribution in [2.24, 2.45) is 11.3 Å². The zero-order valence-electron chi connectivity index (χ0n) is 9.37. The molecule has 0 bridgehead atoms. The van der Waals surface area contributed by atoms with Crippen molar-refractivity contribution in [2.45, 2.75) is 51.1 Å². The molecule has 0 aromatic heterocycles. The lowest BCUT2D eigenvalue weighted by Gasteiger charge is -2.68. The van der Waals surface area contributed by atoms with Crippen molar-refractivity contribution in [3.05, 3.63) is 12.2 Å². The van der Waals surface area contributed by atoms with Crippen LogP contribution < -0.4 is 0 Å². The summed E-state index contributed by atoms with van der Waals surface area (Å²) in [6, 6.07) is 1.67. The summed E-state index contributed by atoms with van der Waals surface area (Å²) in [7, 11) is 2.34. The Hall–Kier alpha value is -0.300. The highest BCUT2D eigenvalue weighted by molar-refractivity contribution is 5.16. The Bertz CT molecular complexity index is 266. The quantitative estimate of drug-likeness (QED) is 0.576. The van der Waals surface area contributed by atoms with Crippen LogP contribution in [-0.4, -0.2) is 24.0 Å². The number of likely N-dealkylation sites (tertiary alicyclic amines) is 1. The van der Waals surface area contributed by atoms with Crippen molar-refractivity contribution in [3.8, 4) is 0 Å². The molecule has 1 heteroatoms. The molecule has 4 unspecified atom stereocenters. The van der Waals surface area contributed by atoms with E-state index in [0.717, 1.165) is 23.4 Å². The van der Waals surface area contributed by atoms with E-state index in [4.69, 9.17) is 0 Å². The first-order valence-electron chi connectivity index (χ1n) is 6.13. The first kappa shape index (κ1) is 8.96. The van der Waals surface area contributed by atoms with Crippen LogP contribution in [0.4, 0.5) is 0 Å². The first-order valence-corrected chi connectivity index (χ1v) is 6.13. The summed E-state index contributed by atoms with van der Waals surface area (Å²) in [5, 5.41) is 0. The van der Waals surface area contributed by atoms with Gasteiger partial charge in [0, 0.05) is 12.1 Å². The van der Waals surface area contributed by atoms with E-state index in [1.807, 2.05) is 0 Å². The molecule has 4 atom stereocenters. The Balaban J connectivity index is 1.82. The van der Waals surface area contributed by atoms with Crippen LogP contribution in [0.15, 0.2) is 12.2 Å². The second-order valence-corrected chi connectivity index (χ2v) is 5.52. The van der Waals surface area contributed by atoms with Gasteiger partial charge in [0.25, 0.3) is 0 Å². The van der Waals surface area contributed by atoms with E-state index in [-0.39, 0.29) is 0 Å². The van der Waals surface area contributed by atoms with Crippen molar-refractivity contribution in [2.75, 3.05) is 7.05 Å². The third kappa shape index (κ3) is 0.894. The second-order valence-electron chi connectivity index (χ2n) is 5.52. The van der Waals surface area contributed by atoms with Crippen LogP contribution in [-0.2, 0) is 0 Å². The summed E-state index contributed by atoms with van der Waals surface area (Å²) in [5.41, 5.74) is 0.798. The summed E-state index contributed by atoms with van der Waals surface area (Å²) in [4.78, 5) is 2.65. The van der Waals surface area contributed by atoms with Crippen LogP contribution in [0.3, 0.4) is 0 Å². The Morgan fingerprint density at radius 3 is 2.57 bits per heavy atom. The predicted molar refractivity (Wildman–Crippen MR) is 59.2 cm³/mol. The fraction of sp³-hybridized carbons (Fsp3) is 0.846. The molecule has 14 heavy (non-hydrogen) atoms. The van der Waals surface area contributed by atoms with Gasteiger partial charge in [-0.15, -0.1) is 0 Å². The standard InChI is InChI=1S/C13H21N/c1-3-4-11-9-10-5-7-13(10)8-6-12(13)14(11)2/h3-4,10-12H,5-9H2,1-2H3/b4-3-. The van der Waals surface area contributed by atoms with Crippen molar-refractivity contribution < 1.29 is 0 Å². The number of likely N-dealkylation sites (N-methyl/N-ethyl adjacent to an activating group) is 1. The maximum Gasteiger partial charge on any atom is 0.0281 e. The third-order valence-corrected chi connectivity index (χ3v) is 5.27. The van der Waals surface area contributed by atoms with E-state index in [0.29, 0.717) is 0 Å². The fourth-order valence-corrected chi connectivity index (χ4v) is 4.22. The average Bonchev–Trinajstić information content (AvgIpc) is 2.06. The number of hydrogen-bond acceptors (Lipinski definition) is 1. The molecule has 3 aliphatic rings. The topological polar surface area (TPSA) is 3.24 Å². The lowest BCUT2D eigenvalue weighted by atomic mass is 9.44. The van der Waals surface area contributed by atoms with Gasteiger partial charge in [0.05, 0.1) is 0 Å². The molecule has 2 saturated carbocycles. The van der Waals surface area contributed by atoms with Gasteiger partial charge in [-0.1, -0.05) is 12.2 Å². The molecule has 2 aliphatic carbocycles. The van der Waals surface area contributed by atoms with E-state index in [9.17, 15) is 0 Å². The van der Waals surface area contributed by atoms with Crippen LogP contribution in [0.5, 0.6) is 0 Å². The van der Waals surface area contributed by atoms with Crippen LogP contribution in [0.1, 0.15) is 39.0 Å². The van der Waals surface area contributed by atoms with Crippen molar-refractivity contribution >= 4 is 0 Å². The zero-order chi connectivity index (χ0) is 9.76. The van der Waals surface area contributed by atoms with Gasteiger partial charge >= 0.3 is 0 Å². The Morgan fingerprint density at radius 1 is 1.29 bits per heavy atom. The van der Waals surface area contributed by atoms with Gasteiger partial charge in [0.1, 0.15) is 0 Å². The third-order valence-electron chi connectivity index (χ3n) is 5.27. The highest BCUT2D eigenvalue weighted by atomic mass is 15.2. The van der Waals surface area contributed by atoms with Crippen LogP contribution in [0.25, 0.3) is 0 Å². The highest BCUT2D eigenvalue weighted by Gasteiger charge is 2.61. The molecule has 0 N–H and O–H groups in total. The van der Waals surface area contributed by atoms with Gasteiger partial charge in [-0.3, -0.25) is 4.90 Å². The molecule has 1 saturated heterocycles. The van der Waals surface area contributed by atoms with Crippen LogP contribution >= 0.6 is 0 Å². The first-order chi connectivity index (χ1) is 6.78. The molecule has 0 amide bonds. The highest BCUT2D eigenvalue weighted by Crippen LogP contribution is 2.65. The molecule has 1 aliphatic heterocycles. The van der Waals surface area contributed by atoms with Gasteiger partial charge in [0.2, 0.25) is 0 Å². The molecule has 3 fully saturated rings. The maximum atomic E-state index is 2.65. The number of hydrogen-bond donors (Lipinski definition) is 0. The monoisotopic (exact) mass is 191 g/mol. The zero-order valence-corrected chi connectivity index (χ0v) is 9.37. The summed E-state index contributed by atoms with van der Waals surface area (Å²) in [6.45, 7) is 2.15. The minimum atomic E-state index is 0.740. The lowest BCUT2D eigenvalue weighted by molar-refractivity contribution is -0.174. The molecule has 1 spiro atoms. The minimum absolute atomic E-state index is 0.740. The van der Waals surface area contributed by atoms with Crippen molar-refractivity contribution in [1.82, 2.24) is 4.90 Å². The molecular formula is C13H21N. The van der Waals surface area contributed by atoms with E-state index in [1.54, 1.807) is 0 Å². The van der Waals surface area contributed by atoms with Gasteiger partial charge in [-0.2, -0.15) is 0 Å². The second kappa shape index (κ2) is 2.85. The van der Waals surface area contributed by atoms with Gasteiger partial charge in [-0.25, -0.2) is 0 Å². The molecule has 1 heterocycles. The summed E-state index contributed by atoms with van der Waals surface area (Å²) < 4.78 is 0. The molecule has 0 radical (unpaired) electrons. The number of nitrogens with zero attached hydrogens (tertiary/aromatic N) is 1. The maximum absolute atomic E-state index is 2.65. The average molecular weight is 191 g/mol. The Morgan fingerprint density at radius 2 is 2.07 bits per heavy atom. The van der Waals surface area contributed by atoms with E-state index in [1.165, 1.54) is 32.1 Å². The van der Waals surface area contributed by atoms with Gasteiger partial charge in [-0.05, 0) is 57.4 Å². The summed E-state index contributed by atoms with van der Waals surface area (Å²) >= 11 is 0. The van der Waals surface area contributed by atoms with Gasteiger partial charge in [0.15, 0.2) is 0 Å². The van der Waals surface area contributed by atoms with Crippen LogP contribution in [0, 0.1) is 11.3 Å². The minimum Gasteiger partial charge on any atom is -0.296 e. The molecule has 3 rings (SSSR count). The SMILES string of the molecule is C/C=C\C1CC2CCC23CCC3N1C. The van der Waals surface area contributed by atoms with E-state index < -0.39 is 0 Å². The van der Waals surface area contributed by atoms with E-state index in [2.05, 4.69) is 31.0 Å². The molecular weight excluding hydrogens is 170 g/mol. The van der Waals surface area contributed by atoms with Gasteiger partial charge < -0.3 is 0 Å².